The van der Waals surface area contributed by atoms with Crippen molar-refractivity contribution in [1.82, 2.24) is 14.8 Å². The number of hydrogen-bond acceptors (Lipinski definition) is 5. The first-order valence-corrected chi connectivity index (χ1v) is 11.2. The number of halogens is 1. The summed E-state index contributed by atoms with van der Waals surface area (Å²) < 4.78 is 5.57. The number of nitrogens with one attached hydrogen (secondary N) is 1. The maximum Gasteiger partial charge on any atom is 0.324 e. The molecule has 0 bridgehead atoms. The third kappa shape index (κ3) is 5.58. The highest BCUT2D eigenvalue weighted by Crippen LogP contribution is 2.30. The number of rotatable bonds is 6. The molecule has 1 aromatic heterocycles. The second kappa shape index (κ2) is 10.4. The molecule has 1 aliphatic carbocycles. The standard InChI is InChI=1S/C19H29ClN4O3S/c1-27-12-9-17(25)23-10-7-15(8-11-23)24(14-5-3-2-4-6-14)19(26)22-18-21-13-16(20)28-18/h13-15H,2-12H2,1H3,(H,21,22,26). The molecule has 3 rings (SSSR count). The van der Waals surface area contributed by atoms with Gasteiger partial charge >= 0.3 is 6.03 Å². The van der Waals surface area contributed by atoms with E-state index in [4.69, 9.17) is 16.3 Å². The molecule has 7 nitrogen and oxygen atoms in total. The van der Waals surface area contributed by atoms with Gasteiger partial charge in [0.05, 0.1) is 19.2 Å². The number of methoxy groups -OCH3 is 1. The number of thiazole rings is 1. The molecular formula is C19H29ClN4O3S. The van der Waals surface area contributed by atoms with Crippen LogP contribution in [0.2, 0.25) is 4.34 Å². The van der Waals surface area contributed by atoms with E-state index in [2.05, 4.69) is 10.3 Å². The van der Waals surface area contributed by atoms with Crippen molar-refractivity contribution in [1.29, 1.82) is 0 Å². The van der Waals surface area contributed by atoms with Crippen molar-refractivity contribution >= 4 is 40.0 Å². The molecule has 1 aliphatic heterocycles. The van der Waals surface area contributed by atoms with Crippen LogP contribution < -0.4 is 5.32 Å². The second-order valence-electron chi connectivity index (χ2n) is 7.45. The fraction of sp³-hybridized carbons (Fsp3) is 0.737. The van der Waals surface area contributed by atoms with Crippen LogP contribution in [-0.2, 0) is 9.53 Å². The van der Waals surface area contributed by atoms with Gasteiger partial charge in [0.2, 0.25) is 5.91 Å². The zero-order valence-corrected chi connectivity index (χ0v) is 17.9. The second-order valence-corrected chi connectivity index (χ2v) is 9.12. The highest BCUT2D eigenvalue weighted by atomic mass is 35.5. The van der Waals surface area contributed by atoms with E-state index < -0.39 is 0 Å². The van der Waals surface area contributed by atoms with Gasteiger partial charge in [-0.1, -0.05) is 42.2 Å². The van der Waals surface area contributed by atoms with E-state index in [0.717, 1.165) is 38.5 Å². The van der Waals surface area contributed by atoms with Gasteiger partial charge in [0, 0.05) is 32.3 Å². The van der Waals surface area contributed by atoms with Crippen molar-refractivity contribution in [2.75, 3.05) is 32.1 Å². The number of piperidine rings is 1. The smallest absolute Gasteiger partial charge is 0.324 e. The zero-order chi connectivity index (χ0) is 19.9. The van der Waals surface area contributed by atoms with E-state index in [1.54, 1.807) is 13.3 Å². The van der Waals surface area contributed by atoms with Gasteiger partial charge in [-0.2, -0.15) is 0 Å². The molecule has 156 valence electrons. The summed E-state index contributed by atoms with van der Waals surface area (Å²) in [5.74, 6) is 0.131. The molecule has 0 unspecified atom stereocenters. The number of ether oxygens (including phenoxy) is 1. The monoisotopic (exact) mass is 428 g/mol. The fourth-order valence-electron chi connectivity index (χ4n) is 4.20. The Kier molecular flexibility index (Phi) is 7.93. The highest BCUT2D eigenvalue weighted by Gasteiger charge is 2.35. The Bertz CT molecular complexity index is 657. The Morgan fingerprint density at radius 2 is 1.93 bits per heavy atom. The lowest BCUT2D eigenvalue weighted by molar-refractivity contribution is -0.133. The molecule has 2 aliphatic rings. The molecule has 0 spiro atoms. The Morgan fingerprint density at radius 3 is 2.54 bits per heavy atom. The summed E-state index contributed by atoms with van der Waals surface area (Å²) in [6, 6.07) is 0.303. The predicted octanol–water partition coefficient (Wildman–Crippen LogP) is 3.99. The Labute approximate surface area is 175 Å². The lowest BCUT2D eigenvalue weighted by atomic mass is 9.91. The number of carbonyl (C=O) groups excluding carboxylic acids is 2. The molecule has 0 aromatic carbocycles. The van der Waals surface area contributed by atoms with Gasteiger partial charge in [-0.05, 0) is 25.7 Å². The summed E-state index contributed by atoms with van der Waals surface area (Å²) in [6.07, 6.45) is 9.22. The summed E-state index contributed by atoms with van der Waals surface area (Å²) >= 11 is 7.22. The normalized spacial score (nSPS) is 18.9. The zero-order valence-electron chi connectivity index (χ0n) is 16.4. The fourth-order valence-corrected chi connectivity index (χ4v) is 5.00. The first kappa shape index (κ1) is 21.3. The lowest BCUT2D eigenvalue weighted by Gasteiger charge is -2.43. The van der Waals surface area contributed by atoms with Crippen LogP contribution in [0.1, 0.15) is 51.4 Å². The van der Waals surface area contributed by atoms with Crippen molar-refractivity contribution in [2.24, 2.45) is 0 Å². The Hall–Kier alpha value is -1.38. The molecule has 1 saturated carbocycles. The first-order valence-electron chi connectivity index (χ1n) is 10.1. The van der Waals surface area contributed by atoms with Crippen LogP contribution in [0.15, 0.2) is 6.20 Å². The van der Waals surface area contributed by atoms with Gasteiger partial charge in [0.25, 0.3) is 0 Å². The lowest BCUT2D eigenvalue weighted by Crippen LogP contribution is -2.54. The van der Waals surface area contributed by atoms with Crippen LogP contribution in [0.5, 0.6) is 0 Å². The van der Waals surface area contributed by atoms with E-state index >= 15 is 0 Å². The summed E-state index contributed by atoms with van der Waals surface area (Å²) in [4.78, 5) is 33.4. The average Bonchev–Trinajstić information content (AvgIpc) is 3.12. The van der Waals surface area contributed by atoms with Crippen molar-refractivity contribution in [3.8, 4) is 0 Å². The van der Waals surface area contributed by atoms with Crippen LogP contribution in [0.3, 0.4) is 0 Å². The highest BCUT2D eigenvalue weighted by molar-refractivity contribution is 7.19. The quantitative estimate of drug-likeness (QED) is 0.743. The topological polar surface area (TPSA) is 74.8 Å². The number of urea groups is 1. The number of likely N-dealkylation sites (tertiary alicyclic amines) is 1. The number of aromatic nitrogens is 1. The summed E-state index contributed by atoms with van der Waals surface area (Å²) in [5.41, 5.74) is 0. The predicted molar refractivity (Wildman–Crippen MR) is 111 cm³/mol. The van der Waals surface area contributed by atoms with Crippen LogP contribution in [0.4, 0.5) is 9.93 Å². The van der Waals surface area contributed by atoms with Crippen molar-refractivity contribution < 1.29 is 14.3 Å². The van der Waals surface area contributed by atoms with Gasteiger partial charge in [-0.15, -0.1) is 0 Å². The van der Waals surface area contributed by atoms with Crippen LogP contribution in [0.25, 0.3) is 0 Å². The molecule has 3 amide bonds. The minimum atomic E-state index is -0.0953. The number of hydrogen-bond donors (Lipinski definition) is 1. The largest absolute Gasteiger partial charge is 0.384 e. The van der Waals surface area contributed by atoms with Crippen LogP contribution >= 0.6 is 22.9 Å². The van der Waals surface area contributed by atoms with Gasteiger partial charge in [-0.3, -0.25) is 10.1 Å². The van der Waals surface area contributed by atoms with Gasteiger partial charge in [-0.25, -0.2) is 9.78 Å². The van der Waals surface area contributed by atoms with E-state index in [-0.39, 0.29) is 24.0 Å². The van der Waals surface area contributed by atoms with Crippen LogP contribution in [-0.4, -0.2) is 65.6 Å². The van der Waals surface area contributed by atoms with E-state index in [0.29, 0.717) is 35.6 Å². The average molecular weight is 429 g/mol. The Balaban J connectivity index is 1.64. The van der Waals surface area contributed by atoms with Gasteiger partial charge in [0.1, 0.15) is 4.34 Å². The molecule has 2 fully saturated rings. The maximum absolute atomic E-state index is 13.1. The van der Waals surface area contributed by atoms with E-state index in [1.165, 1.54) is 17.8 Å². The molecule has 0 radical (unpaired) electrons. The molecule has 1 aromatic rings. The van der Waals surface area contributed by atoms with E-state index in [9.17, 15) is 9.59 Å². The Morgan fingerprint density at radius 1 is 1.25 bits per heavy atom. The van der Waals surface area contributed by atoms with Gasteiger partial charge in [0.15, 0.2) is 5.13 Å². The van der Waals surface area contributed by atoms with E-state index in [1.807, 2.05) is 9.80 Å². The van der Waals surface area contributed by atoms with Crippen molar-refractivity contribution in [3.05, 3.63) is 10.5 Å². The summed E-state index contributed by atoms with van der Waals surface area (Å²) in [6.45, 7) is 1.82. The van der Waals surface area contributed by atoms with Crippen molar-refractivity contribution in [3.63, 3.8) is 0 Å². The number of amides is 3. The minimum Gasteiger partial charge on any atom is -0.384 e. The molecule has 1 saturated heterocycles. The molecule has 28 heavy (non-hydrogen) atoms. The molecule has 9 heteroatoms. The molecule has 0 atom stereocenters. The summed E-state index contributed by atoms with van der Waals surface area (Å²) in [7, 11) is 1.61. The first-order chi connectivity index (χ1) is 13.6. The molecule has 1 N–H and O–H groups in total. The van der Waals surface area contributed by atoms with Gasteiger partial charge < -0.3 is 14.5 Å². The molecule has 2 heterocycles. The third-order valence-corrected chi connectivity index (χ3v) is 6.65. The maximum atomic E-state index is 13.1. The SMILES string of the molecule is COCCC(=O)N1CCC(N(C(=O)Nc2ncc(Cl)s2)C2CCCCC2)CC1. The third-order valence-electron chi connectivity index (χ3n) is 5.62. The summed E-state index contributed by atoms with van der Waals surface area (Å²) in [5, 5.41) is 3.46. The molecular weight excluding hydrogens is 400 g/mol. The number of nitrogens with zero attached hydrogens (tertiary/aromatic N) is 3. The van der Waals surface area contributed by atoms with Crippen LogP contribution in [0, 0.1) is 0 Å². The number of anilines is 1. The number of carbonyl (C=O) groups is 2. The minimum absolute atomic E-state index is 0.0953. The van der Waals surface area contributed by atoms with Crippen molar-refractivity contribution in [2.45, 2.75) is 63.5 Å².